The summed E-state index contributed by atoms with van der Waals surface area (Å²) in [6, 6.07) is 3.48. The lowest BCUT2D eigenvalue weighted by Gasteiger charge is -2.17. The van der Waals surface area contributed by atoms with Crippen molar-refractivity contribution in [2.24, 2.45) is 0 Å². The number of carbonyl (C=O) groups is 1. The lowest BCUT2D eigenvalue weighted by atomic mass is 10.2. The summed E-state index contributed by atoms with van der Waals surface area (Å²) in [5.41, 5.74) is 1.10. The van der Waals surface area contributed by atoms with E-state index in [-0.39, 0.29) is 5.69 Å². The second-order valence-corrected chi connectivity index (χ2v) is 3.32. The molecule has 0 radical (unpaired) electrons. The Morgan fingerprint density at radius 3 is 2.67 bits per heavy atom. The van der Waals surface area contributed by atoms with E-state index in [4.69, 9.17) is 5.11 Å². The molecule has 1 rings (SSSR count). The highest BCUT2D eigenvalue weighted by molar-refractivity contribution is 5.85. The molecule has 4 heteroatoms. The molecule has 0 aliphatic rings. The van der Waals surface area contributed by atoms with Crippen molar-refractivity contribution in [1.29, 1.82) is 0 Å². The fourth-order valence-electron chi connectivity index (χ4n) is 1.40. The van der Waals surface area contributed by atoms with Crippen LogP contribution in [0.2, 0.25) is 0 Å². The highest BCUT2D eigenvalue weighted by atomic mass is 16.4. The highest BCUT2D eigenvalue weighted by Crippen LogP contribution is 2.05. The SMILES string of the molecule is CCN(CC)Cc1ccnc(C(=O)O)c1. The monoisotopic (exact) mass is 208 g/mol. The zero-order chi connectivity index (χ0) is 11.3. The van der Waals surface area contributed by atoms with E-state index in [1.54, 1.807) is 12.3 Å². The van der Waals surface area contributed by atoms with Crippen molar-refractivity contribution < 1.29 is 9.90 Å². The molecule has 82 valence electrons. The summed E-state index contributed by atoms with van der Waals surface area (Å²) in [6.45, 7) is 6.86. The standard InChI is InChI=1S/C11H16N2O2/c1-3-13(4-2)8-9-5-6-12-10(7-9)11(14)15/h5-7H,3-4,8H2,1-2H3,(H,14,15). The molecule has 0 atom stereocenters. The maximum absolute atomic E-state index is 10.7. The first kappa shape index (κ1) is 11.7. The highest BCUT2D eigenvalue weighted by Gasteiger charge is 2.06. The third-order valence-corrected chi connectivity index (χ3v) is 2.34. The van der Waals surface area contributed by atoms with Gasteiger partial charge in [0.05, 0.1) is 0 Å². The van der Waals surface area contributed by atoms with E-state index in [1.165, 1.54) is 0 Å². The Hall–Kier alpha value is -1.42. The average molecular weight is 208 g/mol. The van der Waals surface area contributed by atoms with Crippen molar-refractivity contribution in [1.82, 2.24) is 9.88 Å². The van der Waals surface area contributed by atoms with Crippen LogP contribution in [0.25, 0.3) is 0 Å². The molecule has 1 aromatic heterocycles. The number of carboxylic acids is 1. The molecule has 0 aliphatic carbocycles. The number of carboxylic acid groups (broad SMARTS) is 1. The van der Waals surface area contributed by atoms with E-state index >= 15 is 0 Å². The van der Waals surface area contributed by atoms with Gasteiger partial charge in [0.25, 0.3) is 0 Å². The quantitative estimate of drug-likeness (QED) is 0.799. The van der Waals surface area contributed by atoms with Crippen LogP contribution in [0.1, 0.15) is 29.9 Å². The molecule has 0 unspecified atom stereocenters. The van der Waals surface area contributed by atoms with Gasteiger partial charge in [-0.2, -0.15) is 0 Å². The van der Waals surface area contributed by atoms with Gasteiger partial charge in [-0.05, 0) is 30.8 Å². The van der Waals surface area contributed by atoms with Crippen LogP contribution in [-0.4, -0.2) is 34.0 Å². The molecule has 1 aromatic rings. The number of hydrogen-bond acceptors (Lipinski definition) is 3. The van der Waals surface area contributed by atoms with Gasteiger partial charge in [0.2, 0.25) is 0 Å². The predicted molar refractivity (Wildman–Crippen MR) is 57.8 cm³/mol. The van der Waals surface area contributed by atoms with Crippen LogP contribution in [-0.2, 0) is 6.54 Å². The fraction of sp³-hybridized carbons (Fsp3) is 0.455. The first-order valence-electron chi connectivity index (χ1n) is 5.08. The van der Waals surface area contributed by atoms with Crippen molar-refractivity contribution >= 4 is 5.97 Å². The van der Waals surface area contributed by atoms with Crippen LogP contribution in [0.15, 0.2) is 18.3 Å². The van der Waals surface area contributed by atoms with Crippen molar-refractivity contribution in [3.63, 3.8) is 0 Å². The summed E-state index contributed by atoms with van der Waals surface area (Å²) in [6.07, 6.45) is 1.54. The van der Waals surface area contributed by atoms with Gasteiger partial charge in [-0.1, -0.05) is 13.8 Å². The summed E-state index contributed by atoms with van der Waals surface area (Å²) < 4.78 is 0. The first-order chi connectivity index (χ1) is 7.17. The summed E-state index contributed by atoms with van der Waals surface area (Å²) in [7, 11) is 0. The van der Waals surface area contributed by atoms with Gasteiger partial charge in [0, 0.05) is 12.7 Å². The Bertz CT molecular complexity index is 335. The fourth-order valence-corrected chi connectivity index (χ4v) is 1.40. The molecule has 0 bridgehead atoms. The van der Waals surface area contributed by atoms with E-state index in [0.29, 0.717) is 0 Å². The first-order valence-corrected chi connectivity index (χ1v) is 5.08. The summed E-state index contributed by atoms with van der Waals surface area (Å²) in [4.78, 5) is 16.7. The van der Waals surface area contributed by atoms with E-state index in [1.807, 2.05) is 6.07 Å². The summed E-state index contributed by atoms with van der Waals surface area (Å²) >= 11 is 0. The van der Waals surface area contributed by atoms with Crippen molar-refractivity contribution in [2.45, 2.75) is 20.4 Å². The van der Waals surface area contributed by atoms with E-state index in [2.05, 4.69) is 23.7 Å². The number of pyridine rings is 1. The number of hydrogen-bond donors (Lipinski definition) is 1. The van der Waals surface area contributed by atoms with Crippen LogP contribution in [0.4, 0.5) is 0 Å². The summed E-state index contributed by atoms with van der Waals surface area (Å²) in [5.74, 6) is -0.976. The van der Waals surface area contributed by atoms with Crippen LogP contribution in [0.3, 0.4) is 0 Å². The van der Waals surface area contributed by atoms with Crippen molar-refractivity contribution in [3.8, 4) is 0 Å². The van der Waals surface area contributed by atoms with E-state index < -0.39 is 5.97 Å². The molecule has 15 heavy (non-hydrogen) atoms. The van der Waals surface area contributed by atoms with Crippen LogP contribution in [0, 0.1) is 0 Å². The average Bonchev–Trinajstić information content (AvgIpc) is 2.26. The second kappa shape index (κ2) is 5.46. The van der Waals surface area contributed by atoms with Crippen LogP contribution >= 0.6 is 0 Å². The topological polar surface area (TPSA) is 53.4 Å². The maximum Gasteiger partial charge on any atom is 0.354 e. The van der Waals surface area contributed by atoms with Gasteiger partial charge >= 0.3 is 5.97 Å². The number of aromatic nitrogens is 1. The lowest BCUT2D eigenvalue weighted by molar-refractivity contribution is 0.0690. The normalized spacial score (nSPS) is 10.6. The van der Waals surface area contributed by atoms with Gasteiger partial charge in [-0.3, -0.25) is 4.90 Å². The minimum absolute atomic E-state index is 0.111. The Balaban J connectivity index is 2.77. The van der Waals surface area contributed by atoms with E-state index in [9.17, 15) is 4.79 Å². The molecule has 0 saturated carbocycles. The molecule has 0 saturated heterocycles. The number of rotatable bonds is 5. The van der Waals surface area contributed by atoms with Crippen LogP contribution in [0.5, 0.6) is 0 Å². The number of aromatic carboxylic acids is 1. The van der Waals surface area contributed by atoms with Crippen LogP contribution < -0.4 is 0 Å². The molecule has 1 N–H and O–H groups in total. The lowest BCUT2D eigenvalue weighted by Crippen LogP contribution is -2.22. The smallest absolute Gasteiger partial charge is 0.354 e. The molecule has 0 spiro atoms. The maximum atomic E-state index is 10.7. The van der Waals surface area contributed by atoms with Gasteiger partial charge in [0.1, 0.15) is 5.69 Å². The third kappa shape index (κ3) is 3.32. The summed E-state index contributed by atoms with van der Waals surface area (Å²) in [5, 5.41) is 8.78. The molecule has 1 heterocycles. The Kier molecular flexibility index (Phi) is 4.24. The van der Waals surface area contributed by atoms with Crippen molar-refractivity contribution in [2.75, 3.05) is 13.1 Å². The minimum Gasteiger partial charge on any atom is -0.477 e. The van der Waals surface area contributed by atoms with Gasteiger partial charge in [0.15, 0.2) is 0 Å². The Morgan fingerprint density at radius 2 is 2.13 bits per heavy atom. The molecular formula is C11H16N2O2. The molecule has 0 aromatic carbocycles. The minimum atomic E-state index is -0.976. The molecule has 0 amide bonds. The van der Waals surface area contributed by atoms with Crippen molar-refractivity contribution in [3.05, 3.63) is 29.6 Å². The predicted octanol–water partition coefficient (Wildman–Crippen LogP) is 1.62. The molecular weight excluding hydrogens is 192 g/mol. The second-order valence-electron chi connectivity index (χ2n) is 3.32. The zero-order valence-corrected chi connectivity index (χ0v) is 9.10. The van der Waals surface area contributed by atoms with E-state index in [0.717, 1.165) is 25.2 Å². The van der Waals surface area contributed by atoms with Gasteiger partial charge < -0.3 is 5.11 Å². The largest absolute Gasteiger partial charge is 0.477 e. The number of nitrogens with zero attached hydrogens (tertiary/aromatic N) is 2. The molecule has 0 fully saturated rings. The van der Waals surface area contributed by atoms with Gasteiger partial charge in [-0.15, -0.1) is 0 Å². The zero-order valence-electron chi connectivity index (χ0n) is 9.10. The molecule has 0 aliphatic heterocycles. The Labute approximate surface area is 89.6 Å². The molecule has 4 nitrogen and oxygen atoms in total. The Morgan fingerprint density at radius 1 is 1.47 bits per heavy atom. The third-order valence-electron chi connectivity index (χ3n) is 2.34. The van der Waals surface area contributed by atoms with Gasteiger partial charge in [-0.25, -0.2) is 9.78 Å².